The fourth-order valence-corrected chi connectivity index (χ4v) is 4.12. The first-order chi connectivity index (χ1) is 25.3. The maximum Gasteiger partial charge on any atom is 0.145 e. The molecule has 0 saturated heterocycles. The molecule has 0 spiro atoms. The number of fused-ring (bicyclic) bond motifs is 6. The summed E-state index contributed by atoms with van der Waals surface area (Å²) < 4.78 is 50.5. The Morgan fingerprint density at radius 1 is 0.255 bits per heavy atom. The number of ether oxygens (including phenoxy) is 6. The van der Waals surface area contributed by atoms with E-state index in [0.29, 0.717) is 153 Å². The SMILES string of the molecule is C1=NCCOCCOCCN=Cc2ccc(o2)C=NCCOCCOCCN=Cc2ccc(o2)C=NCCOCCOCCN=Cc2ccc1o2. The van der Waals surface area contributed by atoms with Gasteiger partial charge in [0.25, 0.3) is 0 Å². The highest BCUT2D eigenvalue weighted by molar-refractivity contribution is 5.82. The van der Waals surface area contributed by atoms with Gasteiger partial charge in [0.15, 0.2) is 0 Å². The zero-order valence-electron chi connectivity index (χ0n) is 29.0. The van der Waals surface area contributed by atoms with E-state index in [-0.39, 0.29) is 0 Å². The lowest BCUT2D eigenvalue weighted by Gasteiger charge is -2.03. The minimum atomic E-state index is 0.481. The van der Waals surface area contributed by atoms with E-state index in [4.69, 9.17) is 41.7 Å². The highest BCUT2D eigenvalue weighted by Gasteiger charge is 2.00. The predicted molar refractivity (Wildman–Crippen MR) is 196 cm³/mol. The summed E-state index contributed by atoms with van der Waals surface area (Å²) in [5, 5.41) is 0. The second kappa shape index (κ2) is 26.4. The van der Waals surface area contributed by atoms with Crippen LogP contribution in [0.5, 0.6) is 0 Å². The zero-order valence-corrected chi connectivity index (χ0v) is 29.0. The molecule has 3 aromatic rings. The van der Waals surface area contributed by atoms with Crippen LogP contribution < -0.4 is 0 Å². The first kappa shape index (κ1) is 39.4. The van der Waals surface area contributed by atoms with Gasteiger partial charge in [-0.25, -0.2) is 0 Å². The van der Waals surface area contributed by atoms with E-state index < -0.39 is 0 Å². The summed E-state index contributed by atoms with van der Waals surface area (Å²) in [6, 6.07) is 11.1. The molecule has 15 nitrogen and oxygen atoms in total. The molecule has 0 atom stereocenters. The smallest absolute Gasteiger partial charge is 0.145 e. The average Bonchev–Trinajstić information content (AvgIpc) is 3.91. The van der Waals surface area contributed by atoms with Crippen molar-refractivity contribution < 1.29 is 41.7 Å². The number of hydrogen-bond donors (Lipinski definition) is 0. The summed E-state index contributed by atoms with van der Waals surface area (Å²) >= 11 is 0. The minimum Gasteiger partial charge on any atom is -0.454 e. The molecule has 1 aliphatic heterocycles. The van der Waals surface area contributed by atoms with E-state index in [9.17, 15) is 0 Å². The van der Waals surface area contributed by atoms with E-state index in [1.807, 2.05) is 36.4 Å². The van der Waals surface area contributed by atoms with E-state index in [1.165, 1.54) is 0 Å². The van der Waals surface area contributed by atoms with Crippen LogP contribution in [0.4, 0.5) is 0 Å². The molecule has 0 aliphatic carbocycles. The van der Waals surface area contributed by atoms with Gasteiger partial charge in [0.2, 0.25) is 0 Å². The van der Waals surface area contributed by atoms with Gasteiger partial charge >= 0.3 is 0 Å². The third kappa shape index (κ3) is 19.0. The summed E-state index contributed by atoms with van der Waals surface area (Å²) in [7, 11) is 0. The van der Waals surface area contributed by atoms with Crippen molar-refractivity contribution in [3.05, 3.63) is 71.0 Å². The molecule has 0 unspecified atom stereocenters. The van der Waals surface area contributed by atoms with Gasteiger partial charge in [0, 0.05) is 0 Å². The minimum absolute atomic E-state index is 0.481. The molecule has 15 heteroatoms. The van der Waals surface area contributed by atoms with Crippen LogP contribution in [0.2, 0.25) is 0 Å². The van der Waals surface area contributed by atoms with Crippen LogP contribution in [-0.4, -0.2) is 156 Å². The second-order valence-corrected chi connectivity index (χ2v) is 10.6. The summed E-state index contributed by atoms with van der Waals surface area (Å²) in [5.74, 6) is 3.91. The van der Waals surface area contributed by atoms with Crippen molar-refractivity contribution >= 4 is 37.3 Å². The van der Waals surface area contributed by atoms with Gasteiger partial charge in [-0.3, -0.25) is 30.0 Å². The van der Waals surface area contributed by atoms with Crippen LogP contribution in [0.15, 0.2) is 79.6 Å². The Labute approximate surface area is 298 Å². The molecular formula is C36H48N6O9. The molecule has 1 aliphatic rings. The number of hydrogen-bond acceptors (Lipinski definition) is 15. The van der Waals surface area contributed by atoms with Crippen molar-refractivity contribution in [2.24, 2.45) is 30.0 Å². The summed E-state index contributed by atoms with van der Waals surface area (Å²) in [4.78, 5) is 26.0. The van der Waals surface area contributed by atoms with Crippen LogP contribution in [0.1, 0.15) is 34.6 Å². The van der Waals surface area contributed by atoms with Gasteiger partial charge in [-0.2, -0.15) is 0 Å². The van der Waals surface area contributed by atoms with Crippen LogP contribution in [-0.2, 0) is 28.4 Å². The normalized spacial score (nSPS) is 18.6. The standard InChI is InChI=1S/C36H48N6O9/c1-2-32-26-38-8-14-44-21-22-46-16-10-40-28-34-5-6-36(51-34)30-42-12-18-48-24-23-47-17-11-41-29-35-4-3-33(50-35)27-39-9-15-45-20-19-43-13-7-37-25-31(1)49-32/h1-6,25-30H,7-24H2. The van der Waals surface area contributed by atoms with Gasteiger partial charge in [-0.1, -0.05) is 0 Å². The summed E-state index contributed by atoms with van der Waals surface area (Å²) in [6.07, 6.45) is 10.1. The molecule has 0 N–H and O–H groups in total. The van der Waals surface area contributed by atoms with Crippen molar-refractivity contribution in [2.45, 2.75) is 0 Å². The van der Waals surface area contributed by atoms with Crippen LogP contribution in [0.25, 0.3) is 0 Å². The van der Waals surface area contributed by atoms with Gasteiger partial charge in [0.05, 0.1) is 156 Å². The van der Waals surface area contributed by atoms with E-state index in [1.54, 1.807) is 37.3 Å². The Morgan fingerprint density at radius 2 is 0.431 bits per heavy atom. The lowest BCUT2D eigenvalue weighted by Crippen LogP contribution is -2.08. The third-order valence-corrected chi connectivity index (χ3v) is 6.56. The Morgan fingerprint density at radius 3 is 0.608 bits per heavy atom. The maximum atomic E-state index is 5.70. The molecule has 51 heavy (non-hydrogen) atoms. The molecular weight excluding hydrogens is 660 g/mol. The molecule has 0 fully saturated rings. The highest BCUT2D eigenvalue weighted by atomic mass is 16.5. The Hall–Kier alpha value is -4.38. The fourth-order valence-electron chi connectivity index (χ4n) is 4.12. The lowest BCUT2D eigenvalue weighted by atomic mass is 10.4. The quantitative estimate of drug-likeness (QED) is 0.339. The summed E-state index contributed by atoms with van der Waals surface area (Å²) in [5.41, 5.74) is 0. The lowest BCUT2D eigenvalue weighted by molar-refractivity contribution is 0.0541. The molecule has 6 bridgehead atoms. The number of nitrogens with zero attached hydrogens (tertiary/aromatic N) is 6. The fraction of sp³-hybridized carbons (Fsp3) is 0.500. The molecule has 4 heterocycles. The highest BCUT2D eigenvalue weighted by Crippen LogP contribution is 2.05. The first-order valence-electron chi connectivity index (χ1n) is 17.1. The van der Waals surface area contributed by atoms with Crippen LogP contribution in [0.3, 0.4) is 0 Å². The molecule has 0 saturated carbocycles. The molecule has 0 amide bonds. The number of furan rings is 3. The van der Waals surface area contributed by atoms with Gasteiger partial charge in [-0.15, -0.1) is 0 Å². The maximum absolute atomic E-state index is 5.70. The third-order valence-electron chi connectivity index (χ3n) is 6.56. The van der Waals surface area contributed by atoms with Crippen molar-refractivity contribution in [1.29, 1.82) is 0 Å². The Bertz CT molecular complexity index is 1230. The topological polar surface area (TPSA) is 169 Å². The van der Waals surface area contributed by atoms with Crippen molar-refractivity contribution in [3.8, 4) is 0 Å². The molecule has 0 aromatic carbocycles. The molecule has 4 rings (SSSR count). The van der Waals surface area contributed by atoms with Gasteiger partial charge in [-0.05, 0) is 36.4 Å². The Kier molecular flexibility index (Phi) is 20.4. The van der Waals surface area contributed by atoms with E-state index in [2.05, 4.69) is 30.0 Å². The van der Waals surface area contributed by atoms with Gasteiger partial charge in [0.1, 0.15) is 34.6 Å². The zero-order chi connectivity index (χ0) is 35.3. The average molecular weight is 709 g/mol. The largest absolute Gasteiger partial charge is 0.454 e. The molecule has 3 aromatic heterocycles. The van der Waals surface area contributed by atoms with Crippen molar-refractivity contribution in [2.75, 3.05) is 119 Å². The van der Waals surface area contributed by atoms with Crippen molar-refractivity contribution in [3.63, 3.8) is 0 Å². The summed E-state index contributed by atoms with van der Waals surface area (Å²) in [6.45, 7) is 8.91. The molecule has 0 radical (unpaired) electrons. The van der Waals surface area contributed by atoms with Crippen LogP contribution >= 0.6 is 0 Å². The number of aliphatic imine (C=N–C) groups is 6. The Balaban J connectivity index is 1.14. The monoisotopic (exact) mass is 708 g/mol. The van der Waals surface area contributed by atoms with Crippen LogP contribution in [0, 0.1) is 0 Å². The molecule has 276 valence electrons. The van der Waals surface area contributed by atoms with Gasteiger partial charge < -0.3 is 41.7 Å². The predicted octanol–water partition coefficient (Wildman–Crippen LogP) is 3.49. The van der Waals surface area contributed by atoms with E-state index >= 15 is 0 Å². The first-order valence-corrected chi connectivity index (χ1v) is 17.1. The van der Waals surface area contributed by atoms with E-state index in [0.717, 1.165) is 0 Å². The van der Waals surface area contributed by atoms with Crippen molar-refractivity contribution in [1.82, 2.24) is 0 Å². The second-order valence-electron chi connectivity index (χ2n) is 10.6. The number of rotatable bonds is 0.